The molecule has 0 spiro atoms. The van der Waals surface area contributed by atoms with E-state index in [0.29, 0.717) is 17.9 Å². The van der Waals surface area contributed by atoms with Gasteiger partial charge >= 0.3 is 0 Å². The average molecular weight is 291 g/mol. The zero-order valence-electron chi connectivity index (χ0n) is 11.7. The zero-order chi connectivity index (χ0) is 14.7. The third-order valence-corrected chi connectivity index (χ3v) is 4.23. The average Bonchev–Trinajstić information content (AvgIpc) is 2.75. The minimum Gasteiger partial charge on any atom is -0.504 e. The van der Waals surface area contributed by atoms with Crippen molar-refractivity contribution >= 4 is 17.2 Å². The van der Waals surface area contributed by atoms with E-state index in [1.165, 1.54) is 23.6 Å². The fraction of sp³-hybridized carbons (Fsp3) is 0.267. The van der Waals surface area contributed by atoms with Gasteiger partial charge in [0.1, 0.15) is 0 Å². The molecule has 5 heteroatoms. The van der Waals surface area contributed by atoms with Crippen molar-refractivity contribution in [2.24, 2.45) is 0 Å². The van der Waals surface area contributed by atoms with E-state index in [1.54, 1.807) is 23.5 Å². The summed E-state index contributed by atoms with van der Waals surface area (Å²) in [4.78, 5) is 14.4. The fourth-order valence-corrected chi connectivity index (χ4v) is 2.83. The number of amides is 1. The van der Waals surface area contributed by atoms with Gasteiger partial charge in [-0.2, -0.15) is 0 Å². The molecule has 1 aromatic heterocycles. The molecule has 1 heterocycles. The number of thiophene rings is 1. The predicted molar refractivity (Wildman–Crippen MR) is 79.6 cm³/mol. The number of aromatic hydroxyl groups is 1. The number of carbonyl (C=O) groups excluding carboxylic acids is 1. The van der Waals surface area contributed by atoms with E-state index in [0.717, 1.165) is 4.88 Å². The largest absolute Gasteiger partial charge is 0.504 e. The summed E-state index contributed by atoms with van der Waals surface area (Å²) in [6.07, 6.45) is 0. The maximum atomic E-state index is 12.0. The summed E-state index contributed by atoms with van der Waals surface area (Å²) in [7, 11) is 1.47. The van der Waals surface area contributed by atoms with Crippen LogP contribution in [0, 0.1) is 13.8 Å². The third kappa shape index (κ3) is 3.11. The van der Waals surface area contributed by atoms with Crippen LogP contribution >= 0.6 is 11.3 Å². The van der Waals surface area contributed by atoms with Crippen LogP contribution in [0.25, 0.3) is 0 Å². The first kappa shape index (κ1) is 14.4. The van der Waals surface area contributed by atoms with Gasteiger partial charge in [-0.3, -0.25) is 4.79 Å². The molecule has 2 N–H and O–H groups in total. The number of nitrogens with one attached hydrogen (secondary N) is 1. The number of methoxy groups -OCH3 is 1. The Morgan fingerprint density at radius 2 is 2.10 bits per heavy atom. The molecular weight excluding hydrogens is 274 g/mol. The van der Waals surface area contributed by atoms with Crippen LogP contribution in [0.1, 0.15) is 25.7 Å². The highest BCUT2D eigenvalue weighted by Crippen LogP contribution is 2.26. The zero-order valence-corrected chi connectivity index (χ0v) is 12.5. The number of phenolic OH excluding ortho intramolecular Hbond substituents is 1. The van der Waals surface area contributed by atoms with Gasteiger partial charge in [-0.1, -0.05) is 0 Å². The second kappa shape index (κ2) is 5.96. The monoisotopic (exact) mass is 291 g/mol. The van der Waals surface area contributed by atoms with Crippen molar-refractivity contribution in [2.45, 2.75) is 20.4 Å². The number of phenols is 1. The Labute approximate surface area is 122 Å². The minimum atomic E-state index is -0.216. The maximum Gasteiger partial charge on any atom is 0.251 e. The number of benzene rings is 1. The van der Waals surface area contributed by atoms with Crippen molar-refractivity contribution in [3.63, 3.8) is 0 Å². The van der Waals surface area contributed by atoms with Gasteiger partial charge in [0.25, 0.3) is 5.91 Å². The van der Waals surface area contributed by atoms with E-state index >= 15 is 0 Å². The minimum absolute atomic E-state index is 0.0389. The van der Waals surface area contributed by atoms with Crippen molar-refractivity contribution in [3.05, 3.63) is 45.1 Å². The highest BCUT2D eigenvalue weighted by Gasteiger charge is 2.10. The molecule has 0 saturated heterocycles. The summed E-state index contributed by atoms with van der Waals surface area (Å²) in [5.41, 5.74) is 1.65. The number of aryl methyl sites for hydroxylation is 2. The normalized spacial score (nSPS) is 10.3. The molecule has 0 aliphatic heterocycles. The molecule has 2 aromatic rings. The van der Waals surface area contributed by atoms with Gasteiger partial charge in [-0.25, -0.2) is 0 Å². The van der Waals surface area contributed by atoms with E-state index in [9.17, 15) is 9.90 Å². The first-order valence-corrected chi connectivity index (χ1v) is 7.04. The highest BCUT2D eigenvalue weighted by atomic mass is 32.1. The van der Waals surface area contributed by atoms with Gasteiger partial charge in [-0.15, -0.1) is 11.3 Å². The van der Waals surface area contributed by atoms with Gasteiger partial charge in [-0.05, 0) is 43.7 Å². The molecule has 1 amide bonds. The molecule has 0 bridgehead atoms. The topological polar surface area (TPSA) is 58.6 Å². The predicted octanol–water partition coefficient (Wildman–Crippen LogP) is 3.01. The number of rotatable bonds is 4. The van der Waals surface area contributed by atoms with Crippen molar-refractivity contribution in [1.29, 1.82) is 0 Å². The second-order valence-electron chi connectivity index (χ2n) is 4.52. The van der Waals surface area contributed by atoms with E-state index in [4.69, 9.17) is 4.74 Å². The molecule has 0 atom stereocenters. The Morgan fingerprint density at radius 3 is 2.65 bits per heavy atom. The van der Waals surface area contributed by atoms with Crippen LogP contribution in [0.4, 0.5) is 0 Å². The van der Waals surface area contributed by atoms with Crippen molar-refractivity contribution in [1.82, 2.24) is 5.32 Å². The molecule has 106 valence electrons. The summed E-state index contributed by atoms with van der Waals surface area (Å²) >= 11 is 1.68. The van der Waals surface area contributed by atoms with Crippen LogP contribution in [-0.4, -0.2) is 18.1 Å². The number of hydrogen-bond donors (Lipinski definition) is 2. The van der Waals surface area contributed by atoms with Crippen LogP contribution in [-0.2, 0) is 6.54 Å². The number of hydrogen-bond acceptors (Lipinski definition) is 4. The molecule has 2 rings (SSSR count). The quantitative estimate of drug-likeness (QED) is 0.910. The van der Waals surface area contributed by atoms with Gasteiger partial charge in [0.15, 0.2) is 11.5 Å². The molecule has 20 heavy (non-hydrogen) atoms. The lowest BCUT2D eigenvalue weighted by Crippen LogP contribution is -2.22. The summed E-state index contributed by atoms with van der Waals surface area (Å²) < 4.78 is 4.94. The van der Waals surface area contributed by atoms with E-state index in [2.05, 4.69) is 25.2 Å². The van der Waals surface area contributed by atoms with Crippen LogP contribution in [0.15, 0.2) is 24.3 Å². The lowest BCUT2D eigenvalue weighted by atomic mass is 10.2. The molecule has 0 aliphatic carbocycles. The summed E-state index contributed by atoms with van der Waals surface area (Å²) in [6.45, 7) is 4.61. The lowest BCUT2D eigenvalue weighted by Gasteiger charge is -2.07. The van der Waals surface area contributed by atoms with Crippen LogP contribution in [0.5, 0.6) is 11.5 Å². The molecule has 0 saturated carbocycles. The Balaban J connectivity index is 2.03. The second-order valence-corrected chi connectivity index (χ2v) is 5.86. The molecule has 0 radical (unpaired) electrons. The molecule has 0 fully saturated rings. The number of ether oxygens (including phenoxy) is 1. The lowest BCUT2D eigenvalue weighted by molar-refractivity contribution is 0.0951. The highest BCUT2D eigenvalue weighted by molar-refractivity contribution is 7.12. The Hall–Kier alpha value is -2.01. The maximum absolute atomic E-state index is 12.0. The molecular formula is C15H17NO3S. The van der Waals surface area contributed by atoms with Gasteiger partial charge in [0.2, 0.25) is 0 Å². The summed E-state index contributed by atoms with van der Waals surface area (Å²) in [5.74, 6) is 0.0979. The standard InChI is InChI=1S/C15H17NO3S/c1-9-6-12(20-10(9)2)8-16-15(18)11-4-5-14(19-3)13(17)7-11/h4-7,17H,8H2,1-3H3,(H,16,18). The smallest absolute Gasteiger partial charge is 0.251 e. The molecule has 1 aromatic carbocycles. The number of carbonyl (C=O) groups is 1. The Morgan fingerprint density at radius 1 is 1.35 bits per heavy atom. The first-order valence-electron chi connectivity index (χ1n) is 6.22. The fourth-order valence-electron chi connectivity index (χ4n) is 1.84. The van der Waals surface area contributed by atoms with Crippen LogP contribution < -0.4 is 10.1 Å². The molecule has 4 nitrogen and oxygen atoms in total. The van der Waals surface area contributed by atoms with Gasteiger partial charge < -0.3 is 15.2 Å². The Bertz CT molecular complexity index is 615. The Kier molecular flexibility index (Phi) is 4.29. The van der Waals surface area contributed by atoms with Crippen LogP contribution in [0.2, 0.25) is 0 Å². The third-order valence-electron chi connectivity index (χ3n) is 3.08. The van der Waals surface area contributed by atoms with Crippen molar-refractivity contribution in [3.8, 4) is 11.5 Å². The SMILES string of the molecule is COc1ccc(C(=O)NCc2cc(C)c(C)s2)cc1O. The van der Waals surface area contributed by atoms with E-state index in [1.807, 2.05) is 0 Å². The van der Waals surface area contributed by atoms with E-state index in [-0.39, 0.29) is 11.7 Å². The molecule has 0 unspecified atom stereocenters. The van der Waals surface area contributed by atoms with Crippen molar-refractivity contribution < 1.29 is 14.6 Å². The van der Waals surface area contributed by atoms with Gasteiger partial charge in [0, 0.05) is 15.3 Å². The first-order chi connectivity index (χ1) is 9.51. The van der Waals surface area contributed by atoms with Crippen LogP contribution in [0.3, 0.4) is 0 Å². The van der Waals surface area contributed by atoms with Gasteiger partial charge in [0.05, 0.1) is 13.7 Å². The van der Waals surface area contributed by atoms with E-state index < -0.39 is 0 Å². The summed E-state index contributed by atoms with van der Waals surface area (Å²) in [5, 5.41) is 12.5. The summed E-state index contributed by atoms with van der Waals surface area (Å²) in [6, 6.07) is 6.67. The molecule has 0 aliphatic rings. The van der Waals surface area contributed by atoms with Crippen molar-refractivity contribution in [2.75, 3.05) is 7.11 Å².